The van der Waals surface area contributed by atoms with Crippen molar-refractivity contribution in [2.24, 2.45) is 0 Å². The van der Waals surface area contributed by atoms with Gasteiger partial charge in [0.1, 0.15) is 5.82 Å². The topological polar surface area (TPSA) is 28.2 Å². The molecule has 0 aliphatic carbocycles. The van der Waals surface area contributed by atoms with Crippen LogP contribution in [0.3, 0.4) is 0 Å². The van der Waals surface area contributed by atoms with Crippen LogP contribution in [0.15, 0.2) is 12.1 Å². The van der Waals surface area contributed by atoms with Crippen LogP contribution in [0.2, 0.25) is 0 Å². The zero-order valence-electron chi connectivity index (χ0n) is 10.5. The van der Waals surface area contributed by atoms with Crippen molar-refractivity contribution in [1.29, 1.82) is 0 Å². The summed E-state index contributed by atoms with van der Waals surface area (Å²) in [5, 5.41) is 3.27. The van der Waals surface area contributed by atoms with Crippen LogP contribution in [0, 0.1) is 13.8 Å². The van der Waals surface area contributed by atoms with Gasteiger partial charge in [0.05, 0.1) is 0 Å². The molecular weight excluding hydrogens is 198 g/mol. The molecule has 0 radical (unpaired) electrons. The van der Waals surface area contributed by atoms with Gasteiger partial charge in [-0.2, -0.15) is 0 Å². The van der Waals surface area contributed by atoms with Gasteiger partial charge in [-0.1, -0.05) is 0 Å². The average molecular weight is 219 g/mol. The molecule has 1 aromatic heterocycles. The van der Waals surface area contributed by atoms with E-state index in [1.807, 2.05) is 7.05 Å². The standard InChI is InChI=1S/C13H21N3/c1-10-7-11(2)15-13(8-10)16-6-4-5-12(16)9-14-3/h7-8,12,14H,4-6,9H2,1-3H3. The average Bonchev–Trinajstić information content (AvgIpc) is 2.65. The molecule has 1 fully saturated rings. The van der Waals surface area contributed by atoms with E-state index < -0.39 is 0 Å². The van der Waals surface area contributed by atoms with Crippen LogP contribution in [0.1, 0.15) is 24.1 Å². The van der Waals surface area contributed by atoms with Crippen LogP contribution >= 0.6 is 0 Å². The Hall–Kier alpha value is -1.09. The first kappa shape index (κ1) is 11.4. The Bertz CT molecular complexity index is 342. The third-order valence-electron chi connectivity index (χ3n) is 3.20. The lowest BCUT2D eigenvalue weighted by molar-refractivity contribution is 0.611. The van der Waals surface area contributed by atoms with Gasteiger partial charge < -0.3 is 10.2 Å². The monoisotopic (exact) mass is 219 g/mol. The second-order valence-corrected chi connectivity index (χ2v) is 4.69. The minimum absolute atomic E-state index is 0.610. The van der Waals surface area contributed by atoms with Crippen molar-refractivity contribution >= 4 is 5.82 Å². The minimum Gasteiger partial charge on any atom is -0.352 e. The maximum atomic E-state index is 4.65. The van der Waals surface area contributed by atoms with Crippen molar-refractivity contribution in [3.8, 4) is 0 Å². The molecule has 2 rings (SSSR count). The van der Waals surface area contributed by atoms with Gasteiger partial charge in [-0.15, -0.1) is 0 Å². The molecule has 88 valence electrons. The molecule has 0 spiro atoms. The van der Waals surface area contributed by atoms with E-state index in [9.17, 15) is 0 Å². The SMILES string of the molecule is CNCC1CCCN1c1cc(C)cc(C)n1. The molecule has 2 heterocycles. The zero-order valence-corrected chi connectivity index (χ0v) is 10.5. The normalized spacial score (nSPS) is 20.4. The molecule has 3 nitrogen and oxygen atoms in total. The predicted molar refractivity (Wildman–Crippen MR) is 68.0 cm³/mol. The van der Waals surface area contributed by atoms with Gasteiger partial charge in [0.25, 0.3) is 0 Å². The van der Waals surface area contributed by atoms with Gasteiger partial charge in [-0.25, -0.2) is 4.98 Å². The number of anilines is 1. The van der Waals surface area contributed by atoms with Gasteiger partial charge in [-0.3, -0.25) is 0 Å². The molecule has 1 N–H and O–H groups in total. The Labute approximate surface area is 97.9 Å². The van der Waals surface area contributed by atoms with E-state index in [1.165, 1.54) is 18.4 Å². The number of aryl methyl sites for hydroxylation is 2. The third kappa shape index (κ3) is 2.35. The smallest absolute Gasteiger partial charge is 0.129 e. The summed E-state index contributed by atoms with van der Waals surface area (Å²) >= 11 is 0. The van der Waals surface area contributed by atoms with E-state index in [0.29, 0.717) is 6.04 Å². The Morgan fingerprint density at radius 2 is 2.25 bits per heavy atom. The second-order valence-electron chi connectivity index (χ2n) is 4.69. The summed E-state index contributed by atoms with van der Waals surface area (Å²) in [4.78, 5) is 7.09. The van der Waals surface area contributed by atoms with Gasteiger partial charge in [0, 0.05) is 24.8 Å². The molecular formula is C13H21N3. The Kier molecular flexibility index (Phi) is 3.44. The number of likely N-dealkylation sites (N-methyl/N-ethyl adjacent to an activating group) is 1. The molecule has 16 heavy (non-hydrogen) atoms. The summed E-state index contributed by atoms with van der Waals surface area (Å²) in [6.45, 7) is 6.40. The first-order chi connectivity index (χ1) is 7.70. The summed E-state index contributed by atoms with van der Waals surface area (Å²) in [7, 11) is 2.02. The van der Waals surface area contributed by atoms with Crippen molar-refractivity contribution < 1.29 is 0 Å². The van der Waals surface area contributed by atoms with E-state index in [-0.39, 0.29) is 0 Å². The number of hydrogen-bond acceptors (Lipinski definition) is 3. The van der Waals surface area contributed by atoms with E-state index in [4.69, 9.17) is 0 Å². The van der Waals surface area contributed by atoms with Gasteiger partial charge in [0.2, 0.25) is 0 Å². The van der Waals surface area contributed by atoms with Crippen molar-refractivity contribution in [1.82, 2.24) is 10.3 Å². The first-order valence-corrected chi connectivity index (χ1v) is 6.07. The summed E-state index contributed by atoms with van der Waals surface area (Å²) in [6, 6.07) is 4.94. The van der Waals surface area contributed by atoms with Crippen molar-refractivity contribution in [3.05, 3.63) is 23.4 Å². The van der Waals surface area contributed by atoms with Crippen LogP contribution in [0.25, 0.3) is 0 Å². The molecule has 1 aromatic rings. The second kappa shape index (κ2) is 4.83. The lowest BCUT2D eigenvalue weighted by Gasteiger charge is -2.26. The van der Waals surface area contributed by atoms with E-state index in [2.05, 4.69) is 41.2 Å². The summed E-state index contributed by atoms with van der Waals surface area (Å²) < 4.78 is 0. The first-order valence-electron chi connectivity index (χ1n) is 6.07. The van der Waals surface area contributed by atoms with Crippen LogP contribution in [0.4, 0.5) is 5.82 Å². The highest BCUT2D eigenvalue weighted by Crippen LogP contribution is 2.24. The molecule has 1 saturated heterocycles. The lowest BCUT2D eigenvalue weighted by Crippen LogP contribution is -2.37. The van der Waals surface area contributed by atoms with Gasteiger partial charge >= 0.3 is 0 Å². The molecule has 0 bridgehead atoms. The molecule has 1 aliphatic heterocycles. The Balaban J connectivity index is 2.21. The summed E-state index contributed by atoms with van der Waals surface area (Å²) in [6.07, 6.45) is 2.55. The van der Waals surface area contributed by atoms with Crippen molar-refractivity contribution in [2.45, 2.75) is 32.7 Å². The largest absolute Gasteiger partial charge is 0.352 e. The Morgan fingerprint density at radius 1 is 1.44 bits per heavy atom. The molecule has 0 saturated carbocycles. The number of aromatic nitrogens is 1. The predicted octanol–water partition coefficient (Wildman–Crippen LogP) is 1.89. The molecule has 1 aliphatic rings. The van der Waals surface area contributed by atoms with E-state index in [0.717, 1.165) is 24.6 Å². The zero-order chi connectivity index (χ0) is 11.5. The van der Waals surface area contributed by atoms with E-state index >= 15 is 0 Å². The number of rotatable bonds is 3. The molecule has 3 heteroatoms. The maximum absolute atomic E-state index is 4.65. The van der Waals surface area contributed by atoms with Gasteiger partial charge in [0.15, 0.2) is 0 Å². The number of pyridine rings is 1. The Morgan fingerprint density at radius 3 is 2.94 bits per heavy atom. The van der Waals surface area contributed by atoms with Crippen LogP contribution in [-0.2, 0) is 0 Å². The fourth-order valence-corrected chi connectivity index (χ4v) is 2.55. The molecule has 1 unspecified atom stereocenters. The highest BCUT2D eigenvalue weighted by atomic mass is 15.2. The molecule has 0 amide bonds. The van der Waals surface area contributed by atoms with Gasteiger partial charge in [-0.05, 0) is 51.4 Å². The van der Waals surface area contributed by atoms with E-state index in [1.54, 1.807) is 0 Å². The fourth-order valence-electron chi connectivity index (χ4n) is 2.55. The summed E-state index contributed by atoms with van der Waals surface area (Å²) in [5.74, 6) is 1.15. The quantitative estimate of drug-likeness (QED) is 0.841. The summed E-state index contributed by atoms with van der Waals surface area (Å²) in [5.41, 5.74) is 2.42. The van der Waals surface area contributed by atoms with Crippen molar-refractivity contribution in [3.63, 3.8) is 0 Å². The highest BCUT2D eigenvalue weighted by Gasteiger charge is 2.24. The number of hydrogen-bond donors (Lipinski definition) is 1. The van der Waals surface area contributed by atoms with Crippen LogP contribution < -0.4 is 10.2 Å². The lowest BCUT2D eigenvalue weighted by atomic mass is 10.2. The molecule has 1 atom stereocenters. The van der Waals surface area contributed by atoms with Crippen LogP contribution in [0.5, 0.6) is 0 Å². The van der Waals surface area contributed by atoms with Crippen molar-refractivity contribution in [2.75, 3.05) is 25.0 Å². The highest BCUT2D eigenvalue weighted by molar-refractivity contribution is 5.44. The maximum Gasteiger partial charge on any atom is 0.129 e. The fraction of sp³-hybridized carbons (Fsp3) is 0.615. The molecule has 0 aromatic carbocycles. The third-order valence-corrected chi connectivity index (χ3v) is 3.20. The van der Waals surface area contributed by atoms with Crippen LogP contribution in [-0.4, -0.2) is 31.2 Å². The number of nitrogens with zero attached hydrogens (tertiary/aromatic N) is 2. The number of nitrogens with one attached hydrogen (secondary N) is 1. The minimum atomic E-state index is 0.610.